The minimum Gasteiger partial charge on any atom is -0.490 e. The van der Waals surface area contributed by atoms with Gasteiger partial charge in [0.25, 0.3) is 0 Å². The van der Waals surface area contributed by atoms with Gasteiger partial charge in [0, 0.05) is 20.8 Å². The fraction of sp³-hybridized carbons (Fsp3) is 0.538. The first-order valence-corrected chi connectivity index (χ1v) is 8.10. The molecule has 0 bridgehead atoms. The minimum atomic E-state index is -3.44. The van der Waals surface area contributed by atoms with Gasteiger partial charge in [-0.2, -0.15) is 0 Å². The fourth-order valence-corrected chi connectivity index (χ4v) is 2.45. The molecule has 0 spiro atoms. The van der Waals surface area contributed by atoms with Gasteiger partial charge in [0.15, 0.2) is 0 Å². The molecular weight excluding hydrogens is 296 g/mol. The van der Waals surface area contributed by atoms with Crippen LogP contribution in [-0.2, 0) is 19.5 Å². The number of anilines is 1. The Balaban J connectivity index is 2.38. The molecule has 1 atom stereocenters. The monoisotopic (exact) mass is 318 g/mol. The average Bonchev–Trinajstić information content (AvgIpc) is 2.45. The molecule has 0 amide bonds. The van der Waals surface area contributed by atoms with Gasteiger partial charge in [-0.05, 0) is 12.1 Å². The fourth-order valence-electron chi connectivity index (χ4n) is 1.56. The van der Waals surface area contributed by atoms with E-state index >= 15 is 0 Å². The predicted octanol–water partition coefficient (Wildman–Crippen LogP) is 0.228. The molecule has 120 valence electrons. The smallest absolute Gasteiger partial charge is 0.215 e. The molecule has 0 aliphatic rings. The van der Waals surface area contributed by atoms with Crippen molar-refractivity contribution in [3.8, 4) is 5.75 Å². The van der Waals surface area contributed by atoms with Gasteiger partial charge >= 0.3 is 0 Å². The van der Waals surface area contributed by atoms with Crippen LogP contribution in [0.25, 0.3) is 0 Å². The van der Waals surface area contributed by atoms with E-state index in [-0.39, 0.29) is 25.0 Å². The van der Waals surface area contributed by atoms with Gasteiger partial charge in [-0.3, -0.25) is 0 Å². The van der Waals surface area contributed by atoms with Crippen molar-refractivity contribution in [1.29, 1.82) is 0 Å². The van der Waals surface area contributed by atoms with Crippen molar-refractivity contribution in [2.75, 3.05) is 45.5 Å². The van der Waals surface area contributed by atoms with E-state index in [1.807, 2.05) is 0 Å². The van der Waals surface area contributed by atoms with E-state index in [4.69, 9.17) is 19.9 Å². The second-order valence-electron chi connectivity index (χ2n) is 4.37. The van der Waals surface area contributed by atoms with Gasteiger partial charge in [-0.15, -0.1) is 0 Å². The second-order valence-corrected chi connectivity index (χ2v) is 6.29. The molecule has 0 radical (unpaired) electrons. The summed E-state index contributed by atoms with van der Waals surface area (Å²) in [6.07, 6.45) is -0.324. The van der Waals surface area contributed by atoms with E-state index < -0.39 is 10.0 Å². The summed E-state index contributed by atoms with van der Waals surface area (Å²) in [6, 6.07) is 6.93. The maximum atomic E-state index is 11.8. The summed E-state index contributed by atoms with van der Waals surface area (Å²) in [7, 11) is -0.414. The highest BCUT2D eigenvalue weighted by Gasteiger charge is 2.14. The van der Waals surface area contributed by atoms with Crippen LogP contribution in [0.3, 0.4) is 0 Å². The van der Waals surface area contributed by atoms with E-state index in [1.165, 1.54) is 14.2 Å². The lowest BCUT2D eigenvalue weighted by Crippen LogP contribution is -2.37. The summed E-state index contributed by atoms with van der Waals surface area (Å²) in [6.45, 7) is 0.488. The SMILES string of the molecule is COCC(CNS(=O)(=O)CCOc1ccccc1N)OC. The van der Waals surface area contributed by atoms with Gasteiger partial charge in [0.05, 0.1) is 24.2 Å². The molecule has 1 rings (SSSR count). The molecule has 1 aromatic carbocycles. The van der Waals surface area contributed by atoms with Crippen LogP contribution >= 0.6 is 0 Å². The number of sulfonamides is 1. The Morgan fingerprint density at radius 2 is 2.00 bits per heavy atom. The van der Waals surface area contributed by atoms with Crippen molar-refractivity contribution in [3.63, 3.8) is 0 Å². The number of hydrogen-bond donors (Lipinski definition) is 2. The molecule has 3 N–H and O–H groups in total. The van der Waals surface area contributed by atoms with Gasteiger partial charge in [-0.25, -0.2) is 13.1 Å². The van der Waals surface area contributed by atoms with Crippen molar-refractivity contribution >= 4 is 15.7 Å². The number of nitrogens with one attached hydrogen (secondary N) is 1. The molecule has 0 aromatic heterocycles. The maximum absolute atomic E-state index is 11.8. The number of benzene rings is 1. The number of methoxy groups -OCH3 is 2. The molecule has 0 heterocycles. The van der Waals surface area contributed by atoms with Crippen LogP contribution in [0, 0.1) is 0 Å². The predicted molar refractivity (Wildman–Crippen MR) is 80.8 cm³/mol. The topological polar surface area (TPSA) is 99.9 Å². The first kappa shape index (κ1) is 17.7. The van der Waals surface area contributed by atoms with Crippen LogP contribution in [0.5, 0.6) is 5.75 Å². The lowest BCUT2D eigenvalue weighted by Gasteiger charge is -2.15. The Bertz CT molecular complexity index is 521. The highest BCUT2D eigenvalue weighted by molar-refractivity contribution is 7.89. The molecule has 1 unspecified atom stereocenters. The molecule has 7 nitrogen and oxygen atoms in total. The number of nitrogens with two attached hydrogens (primary N) is 1. The molecule has 0 saturated carbocycles. The molecule has 21 heavy (non-hydrogen) atoms. The first-order chi connectivity index (χ1) is 9.98. The third-order valence-corrected chi connectivity index (χ3v) is 4.06. The Morgan fingerprint density at radius 1 is 1.29 bits per heavy atom. The minimum absolute atomic E-state index is 0.0193. The first-order valence-electron chi connectivity index (χ1n) is 6.45. The lowest BCUT2D eigenvalue weighted by atomic mass is 10.3. The summed E-state index contributed by atoms with van der Waals surface area (Å²) in [4.78, 5) is 0. The highest BCUT2D eigenvalue weighted by atomic mass is 32.2. The zero-order valence-electron chi connectivity index (χ0n) is 12.2. The summed E-state index contributed by atoms with van der Waals surface area (Å²) in [5.41, 5.74) is 6.17. The number of hydrogen-bond acceptors (Lipinski definition) is 6. The lowest BCUT2D eigenvalue weighted by molar-refractivity contribution is 0.0320. The van der Waals surface area contributed by atoms with Crippen molar-refractivity contribution in [3.05, 3.63) is 24.3 Å². The van der Waals surface area contributed by atoms with Crippen LogP contribution in [0.2, 0.25) is 0 Å². The zero-order valence-corrected chi connectivity index (χ0v) is 13.1. The number of para-hydroxylation sites is 2. The largest absolute Gasteiger partial charge is 0.490 e. The third-order valence-electron chi connectivity index (χ3n) is 2.75. The molecule has 8 heteroatoms. The van der Waals surface area contributed by atoms with Gasteiger partial charge in [-0.1, -0.05) is 12.1 Å². The summed E-state index contributed by atoms with van der Waals surface area (Å²) < 4.78 is 41.4. The van der Waals surface area contributed by atoms with E-state index in [2.05, 4.69) is 4.72 Å². The molecule has 0 fully saturated rings. The Labute approximate surface area is 125 Å². The standard InChI is InChI=1S/C13H22N2O5S/c1-18-10-11(19-2)9-15-21(16,17)8-7-20-13-6-4-3-5-12(13)14/h3-6,11,15H,7-10,14H2,1-2H3. The normalized spacial score (nSPS) is 13.0. The number of ether oxygens (including phenoxy) is 3. The summed E-state index contributed by atoms with van der Waals surface area (Å²) in [5.74, 6) is 0.312. The maximum Gasteiger partial charge on any atom is 0.215 e. The quantitative estimate of drug-likeness (QED) is 0.599. The highest BCUT2D eigenvalue weighted by Crippen LogP contribution is 2.19. The second kappa shape index (κ2) is 8.83. The van der Waals surface area contributed by atoms with Crippen LogP contribution in [-0.4, -0.2) is 54.3 Å². The molecular formula is C13H22N2O5S. The van der Waals surface area contributed by atoms with Crippen molar-refractivity contribution in [2.45, 2.75) is 6.10 Å². The Morgan fingerprint density at radius 3 is 2.62 bits per heavy atom. The van der Waals surface area contributed by atoms with Crippen LogP contribution in [0.4, 0.5) is 5.69 Å². The number of rotatable bonds is 10. The van der Waals surface area contributed by atoms with E-state index in [0.717, 1.165) is 0 Å². The van der Waals surface area contributed by atoms with Crippen molar-refractivity contribution in [2.24, 2.45) is 0 Å². The number of nitrogen functional groups attached to an aromatic ring is 1. The van der Waals surface area contributed by atoms with E-state index in [1.54, 1.807) is 24.3 Å². The van der Waals surface area contributed by atoms with Crippen molar-refractivity contribution < 1.29 is 22.6 Å². The third kappa shape index (κ3) is 6.76. The van der Waals surface area contributed by atoms with Gasteiger partial charge in [0.2, 0.25) is 10.0 Å². The summed E-state index contributed by atoms with van der Waals surface area (Å²) in [5, 5.41) is 0. The van der Waals surface area contributed by atoms with Gasteiger partial charge < -0.3 is 19.9 Å². The van der Waals surface area contributed by atoms with Gasteiger partial charge in [0.1, 0.15) is 12.4 Å². The summed E-state index contributed by atoms with van der Waals surface area (Å²) >= 11 is 0. The van der Waals surface area contributed by atoms with E-state index in [9.17, 15) is 8.42 Å². The Kier molecular flexibility index (Phi) is 7.44. The van der Waals surface area contributed by atoms with Crippen LogP contribution in [0.1, 0.15) is 0 Å². The van der Waals surface area contributed by atoms with Crippen LogP contribution < -0.4 is 15.2 Å². The molecule has 1 aromatic rings. The van der Waals surface area contributed by atoms with E-state index in [0.29, 0.717) is 18.0 Å². The molecule has 0 aliphatic carbocycles. The molecule has 0 aliphatic heterocycles. The zero-order chi connectivity index (χ0) is 15.7. The Hall–Kier alpha value is -1.35. The molecule has 0 saturated heterocycles. The average molecular weight is 318 g/mol. The van der Waals surface area contributed by atoms with Crippen LogP contribution in [0.15, 0.2) is 24.3 Å². The van der Waals surface area contributed by atoms with Crippen molar-refractivity contribution in [1.82, 2.24) is 4.72 Å².